The van der Waals surface area contributed by atoms with Gasteiger partial charge >= 0.3 is 11.8 Å². The molecule has 0 aliphatic heterocycles. The summed E-state index contributed by atoms with van der Waals surface area (Å²) in [4.78, 5) is 31.7. The van der Waals surface area contributed by atoms with Gasteiger partial charge in [0, 0.05) is 36.8 Å². The summed E-state index contributed by atoms with van der Waals surface area (Å²) in [7, 11) is 1.78. The molecule has 1 amide bonds. The van der Waals surface area contributed by atoms with Gasteiger partial charge in [-0.05, 0) is 63.0 Å². The van der Waals surface area contributed by atoms with Crippen molar-refractivity contribution in [1.82, 2.24) is 19.0 Å². The van der Waals surface area contributed by atoms with E-state index in [9.17, 15) is 14.7 Å². The van der Waals surface area contributed by atoms with Crippen LogP contribution in [0.25, 0.3) is 11.2 Å². The van der Waals surface area contributed by atoms with E-state index < -0.39 is 11.6 Å². The van der Waals surface area contributed by atoms with Crippen LogP contribution in [-0.4, -0.2) is 41.8 Å². The first-order valence-corrected chi connectivity index (χ1v) is 11.6. The molecular formula is C25H40N4O3. The molecule has 0 aromatic carbocycles. The Bertz CT molecular complexity index is 1070. The summed E-state index contributed by atoms with van der Waals surface area (Å²) in [5.41, 5.74) is 1.82. The maximum atomic E-state index is 12.9. The summed E-state index contributed by atoms with van der Waals surface area (Å²) in [5.74, 6) is 0.155. The predicted octanol–water partition coefficient (Wildman–Crippen LogP) is 5.22. The summed E-state index contributed by atoms with van der Waals surface area (Å²) in [6.07, 6.45) is 1.73. The zero-order chi connectivity index (χ0) is 24.2. The van der Waals surface area contributed by atoms with Crippen LogP contribution in [0.2, 0.25) is 0 Å². The first-order valence-electron chi connectivity index (χ1n) is 11.6. The van der Waals surface area contributed by atoms with Crippen molar-refractivity contribution < 1.29 is 9.90 Å². The van der Waals surface area contributed by atoms with E-state index in [1.807, 2.05) is 37.5 Å². The van der Waals surface area contributed by atoms with Crippen molar-refractivity contribution in [1.29, 1.82) is 0 Å². The fourth-order valence-electron chi connectivity index (χ4n) is 5.17. The van der Waals surface area contributed by atoms with Crippen molar-refractivity contribution in [2.45, 2.75) is 98.7 Å². The monoisotopic (exact) mass is 444 g/mol. The Hall–Kier alpha value is -2.31. The minimum absolute atomic E-state index is 0.0216. The van der Waals surface area contributed by atoms with Crippen LogP contribution in [0.15, 0.2) is 16.9 Å². The Balaban J connectivity index is 2.01. The number of aromatic nitrogens is 3. The summed E-state index contributed by atoms with van der Waals surface area (Å²) in [6.45, 7) is 17.2. The van der Waals surface area contributed by atoms with Gasteiger partial charge in [-0.2, -0.15) is 0 Å². The molecule has 0 saturated heterocycles. The lowest BCUT2D eigenvalue weighted by Gasteiger charge is -2.51. The van der Waals surface area contributed by atoms with Crippen molar-refractivity contribution >= 4 is 17.3 Å². The largest absolute Gasteiger partial charge is 0.465 e. The van der Waals surface area contributed by atoms with Gasteiger partial charge in [-0.15, -0.1) is 0 Å². The number of hydrogen-bond acceptors (Lipinski definition) is 3. The Labute approximate surface area is 191 Å². The molecule has 178 valence electrons. The third kappa shape index (κ3) is 4.57. The summed E-state index contributed by atoms with van der Waals surface area (Å²) < 4.78 is 3.44. The normalized spacial score (nSPS) is 21.7. The van der Waals surface area contributed by atoms with E-state index in [0.717, 1.165) is 30.5 Å². The first-order chi connectivity index (χ1) is 14.5. The maximum absolute atomic E-state index is 12.9. The smallest absolute Gasteiger partial charge is 0.408 e. The van der Waals surface area contributed by atoms with E-state index in [1.54, 1.807) is 16.5 Å². The highest BCUT2D eigenvalue weighted by atomic mass is 16.4. The molecule has 2 aromatic rings. The predicted molar refractivity (Wildman–Crippen MR) is 128 cm³/mol. The topological polar surface area (TPSA) is 80.4 Å². The van der Waals surface area contributed by atoms with Gasteiger partial charge in [-0.3, -0.25) is 14.0 Å². The van der Waals surface area contributed by atoms with Crippen molar-refractivity contribution in [3.8, 4) is 0 Å². The molecule has 2 unspecified atom stereocenters. The van der Waals surface area contributed by atoms with Crippen molar-refractivity contribution in [3.63, 3.8) is 0 Å². The Morgan fingerprint density at radius 2 is 1.84 bits per heavy atom. The molecule has 2 heterocycles. The molecule has 3 rings (SSSR count). The molecule has 0 bridgehead atoms. The van der Waals surface area contributed by atoms with E-state index >= 15 is 0 Å². The Kier molecular flexibility index (Phi) is 6.03. The molecule has 32 heavy (non-hydrogen) atoms. The van der Waals surface area contributed by atoms with Crippen molar-refractivity contribution in [3.05, 3.63) is 28.3 Å². The lowest BCUT2D eigenvalue weighted by Crippen LogP contribution is -2.58. The van der Waals surface area contributed by atoms with Crippen LogP contribution in [0, 0.1) is 10.8 Å². The molecule has 7 heteroatoms. The van der Waals surface area contributed by atoms with Gasteiger partial charge in [0.2, 0.25) is 0 Å². The zero-order valence-corrected chi connectivity index (χ0v) is 21.2. The second-order valence-electron chi connectivity index (χ2n) is 12.4. The van der Waals surface area contributed by atoms with Gasteiger partial charge < -0.3 is 5.11 Å². The number of amides is 1. The summed E-state index contributed by atoms with van der Waals surface area (Å²) in [5, 5.41) is 10.0. The number of carboxylic acid groups (broad SMARTS) is 1. The highest BCUT2D eigenvalue weighted by Crippen LogP contribution is 2.46. The van der Waals surface area contributed by atoms with Gasteiger partial charge in [0.25, 0.3) is 0 Å². The van der Waals surface area contributed by atoms with E-state index in [1.165, 1.54) is 0 Å². The number of rotatable bonds is 3. The number of carbonyl (C=O) groups is 1. The zero-order valence-electron chi connectivity index (χ0n) is 21.2. The average molecular weight is 445 g/mol. The molecular weight excluding hydrogens is 404 g/mol. The molecule has 1 aliphatic rings. The van der Waals surface area contributed by atoms with Crippen LogP contribution < -0.4 is 5.69 Å². The van der Waals surface area contributed by atoms with Crippen LogP contribution >= 0.6 is 0 Å². The lowest BCUT2D eigenvalue weighted by molar-refractivity contribution is -0.00383. The molecule has 1 N–H and O–H groups in total. The average Bonchev–Trinajstić information content (AvgIpc) is 2.85. The second-order valence-corrected chi connectivity index (χ2v) is 12.4. The quantitative estimate of drug-likeness (QED) is 0.704. The van der Waals surface area contributed by atoms with Crippen LogP contribution in [-0.2, 0) is 13.6 Å². The van der Waals surface area contributed by atoms with Gasteiger partial charge in [0.1, 0.15) is 0 Å². The molecule has 1 aliphatic carbocycles. The van der Waals surface area contributed by atoms with E-state index in [2.05, 4.69) is 34.6 Å². The fourth-order valence-corrected chi connectivity index (χ4v) is 5.17. The second kappa shape index (κ2) is 7.92. The molecule has 7 nitrogen and oxygen atoms in total. The van der Waals surface area contributed by atoms with Crippen LogP contribution in [0.4, 0.5) is 4.79 Å². The van der Waals surface area contributed by atoms with Gasteiger partial charge in [-0.1, -0.05) is 34.6 Å². The summed E-state index contributed by atoms with van der Waals surface area (Å²) >= 11 is 0. The number of pyridine rings is 1. The van der Waals surface area contributed by atoms with Gasteiger partial charge in [0.15, 0.2) is 5.65 Å². The van der Waals surface area contributed by atoms with Crippen LogP contribution in [0.1, 0.15) is 86.3 Å². The van der Waals surface area contributed by atoms with Gasteiger partial charge in [-0.25, -0.2) is 14.6 Å². The van der Waals surface area contributed by atoms with E-state index in [0.29, 0.717) is 12.2 Å². The maximum Gasteiger partial charge on any atom is 0.408 e. The molecule has 1 saturated carbocycles. The molecule has 2 atom stereocenters. The van der Waals surface area contributed by atoms with Gasteiger partial charge in [0.05, 0.1) is 5.52 Å². The number of imidazole rings is 1. The highest BCUT2D eigenvalue weighted by Gasteiger charge is 2.45. The number of fused-ring (bicyclic) bond motifs is 1. The van der Waals surface area contributed by atoms with E-state index in [4.69, 9.17) is 4.98 Å². The number of hydrogen-bond donors (Lipinski definition) is 1. The first kappa shape index (κ1) is 24.3. The number of nitrogens with zero attached hydrogens (tertiary/aromatic N) is 4. The third-order valence-electron chi connectivity index (χ3n) is 6.84. The third-order valence-corrected chi connectivity index (χ3v) is 6.84. The summed E-state index contributed by atoms with van der Waals surface area (Å²) in [6, 6.07) is 3.94. The van der Waals surface area contributed by atoms with Crippen LogP contribution in [0.3, 0.4) is 0 Å². The highest BCUT2D eigenvalue weighted by molar-refractivity contribution is 5.72. The van der Waals surface area contributed by atoms with Crippen molar-refractivity contribution in [2.24, 2.45) is 17.9 Å². The molecule has 0 radical (unpaired) electrons. The fraction of sp³-hybridized carbons (Fsp3) is 0.720. The minimum Gasteiger partial charge on any atom is -0.465 e. The lowest BCUT2D eigenvalue weighted by atomic mass is 9.67. The standard InChI is InChI=1S/C25H40N4O3/c1-23(2,3)15-28-18-11-10-17(26-20(18)27(9)21(28)30)16-12-13-25(7,8)19(14-16)29(22(31)32)24(4,5)6/h10-11,16,19H,12-15H2,1-9H3,(H,31,32). The Morgan fingerprint density at radius 1 is 1.22 bits per heavy atom. The number of aryl methyl sites for hydroxylation is 1. The van der Waals surface area contributed by atoms with Crippen molar-refractivity contribution in [2.75, 3.05) is 0 Å². The van der Waals surface area contributed by atoms with Crippen LogP contribution in [0.5, 0.6) is 0 Å². The van der Waals surface area contributed by atoms with E-state index in [-0.39, 0.29) is 28.5 Å². The molecule has 2 aromatic heterocycles. The minimum atomic E-state index is -0.874. The Morgan fingerprint density at radius 3 is 2.38 bits per heavy atom. The molecule has 0 spiro atoms. The SMILES string of the molecule is Cn1c(=O)n(CC(C)(C)C)c2ccc(C3CCC(C)(C)C(N(C(=O)O)C(C)(C)C)C3)nc21. The molecule has 1 fully saturated rings.